The number of carbonyl (C=O) groups is 1. The lowest BCUT2D eigenvalue weighted by Gasteiger charge is -2.40. The van der Waals surface area contributed by atoms with Crippen molar-refractivity contribution >= 4 is 5.97 Å². The highest BCUT2D eigenvalue weighted by Crippen LogP contribution is 2.70. The molecule has 9 nitrogen and oxygen atoms in total. The number of aliphatic carboxylic acids is 1. The number of hydrogen-bond acceptors (Lipinski definition) is 8. The van der Waals surface area contributed by atoms with E-state index in [0.717, 1.165) is 0 Å². The molecule has 9 heteroatoms. The third kappa shape index (κ3) is 4.00. The third-order valence-electron chi connectivity index (χ3n) is 7.83. The standard InChI is InChI=1S/C30H32O9/c1-36-20-12-10-19(11-13-20)30-25(18-8-4-3-5-9-18)24(28(33)34)27(32)29(30,35)26-22(37-2)16-21(17-23(26)39-30)38-15-7-6-14-31/h3-5,8-13,16-17,24-25,27,31-32,35H,6-7,14-15H2,1-2H3,(H,33,34). The van der Waals surface area contributed by atoms with Gasteiger partial charge in [-0.2, -0.15) is 0 Å². The molecule has 206 valence electrons. The molecule has 0 aromatic heterocycles. The lowest BCUT2D eigenvalue weighted by molar-refractivity contribution is -0.159. The van der Waals surface area contributed by atoms with Crippen molar-refractivity contribution in [2.45, 2.75) is 36.1 Å². The zero-order chi connectivity index (χ0) is 27.8. The van der Waals surface area contributed by atoms with Crippen molar-refractivity contribution in [3.8, 4) is 23.0 Å². The minimum Gasteiger partial charge on any atom is -0.497 e. The Morgan fingerprint density at radius 2 is 1.69 bits per heavy atom. The van der Waals surface area contributed by atoms with E-state index in [0.29, 0.717) is 42.1 Å². The van der Waals surface area contributed by atoms with Crippen LogP contribution >= 0.6 is 0 Å². The Morgan fingerprint density at radius 3 is 2.31 bits per heavy atom. The zero-order valence-electron chi connectivity index (χ0n) is 21.7. The van der Waals surface area contributed by atoms with Crippen LogP contribution in [0.1, 0.15) is 35.4 Å². The SMILES string of the molecule is COc1ccc(C23Oc4cc(OCCCCO)cc(OC)c4C2(O)C(O)C(C(=O)O)C3c2ccccc2)cc1. The van der Waals surface area contributed by atoms with Gasteiger partial charge in [-0.05, 0) is 36.1 Å². The van der Waals surface area contributed by atoms with Gasteiger partial charge in [0.1, 0.15) is 29.1 Å². The van der Waals surface area contributed by atoms with Crippen LogP contribution in [0.2, 0.25) is 0 Å². The van der Waals surface area contributed by atoms with Crippen LogP contribution in [0.25, 0.3) is 0 Å². The molecule has 4 N–H and O–H groups in total. The smallest absolute Gasteiger partial charge is 0.310 e. The van der Waals surface area contributed by atoms with Crippen molar-refractivity contribution in [3.05, 3.63) is 83.4 Å². The summed E-state index contributed by atoms with van der Waals surface area (Å²) in [6.07, 6.45) is -0.541. The van der Waals surface area contributed by atoms with E-state index in [1.165, 1.54) is 14.2 Å². The zero-order valence-corrected chi connectivity index (χ0v) is 21.7. The molecule has 1 aliphatic heterocycles. The molecule has 39 heavy (non-hydrogen) atoms. The number of hydrogen-bond donors (Lipinski definition) is 4. The Morgan fingerprint density at radius 1 is 0.974 bits per heavy atom. The van der Waals surface area contributed by atoms with Gasteiger partial charge in [-0.1, -0.05) is 42.5 Å². The van der Waals surface area contributed by atoms with Gasteiger partial charge in [0.15, 0.2) is 11.2 Å². The topological polar surface area (TPSA) is 135 Å². The van der Waals surface area contributed by atoms with Crippen LogP contribution in [0.15, 0.2) is 66.7 Å². The van der Waals surface area contributed by atoms with Gasteiger partial charge in [0.05, 0.1) is 32.3 Å². The van der Waals surface area contributed by atoms with Crippen LogP contribution in [0, 0.1) is 5.92 Å². The number of fused-ring (bicyclic) bond motifs is 3. The van der Waals surface area contributed by atoms with E-state index in [9.17, 15) is 20.1 Å². The molecule has 1 saturated carbocycles. The molecule has 1 aliphatic carbocycles. The van der Waals surface area contributed by atoms with Crippen LogP contribution in [0.4, 0.5) is 0 Å². The Labute approximate surface area is 226 Å². The highest BCUT2D eigenvalue weighted by molar-refractivity contribution is 5.77. The van der Waals surface area contributed by atoms with E-state index in [2.05, 4.69) is 0 Å². The number of carboxylic acid groups (broad SMARTS) is 1. The number of benzene rings is 3. The Kier molecular flexibility index (Phi) is 7.15. The molecular formula is C30H32O9. The Balaban J connectivity index is 1.76. The van der Waals surface area contributed by atoms with Crippen molar-refractivity contribution in [1.82, 2.24) is 0 Å². The van der Waals surface area contributed by atoms with Crippen LogP contribution in [0.5, 0.6) is 23.0 Å². The summed E-state index contributed by atoms with van der Waals surface area (Å²) in [6, 6.07) is 18.9. The average Bonchev–Trinajstić information content (AvgIpc) is 3.33. The first-order chi connectivity index (χ1) is 18.8. The van der Waals surface area contributed by atoms with Crippen molar-refractivity contribution in [2.24, 2.45) is 5.92 Å². The molecule has 5 atom stereocenters. The molecule has 0 saturated heterocycles. The van der Waals surface area contributed by atoms with Crippen LogP contribution < -0.4 is 18.9 Å². The number of aliphatic hydroxyl groups excluding tert-OH is 2. The highest BCUT2D eigenvalue weighted by atomic mass is 16.5. The second-order valence-electron chi connectivity index (χ2n) is 9.81. The molecule has 3 aromatic rings. The monoisotopic (exact) mass is 536 g/mol. The number of rotatable bonds is 10. The number of unbranched alkanes of at least 4 members (excludes halogenated alkanes) is 1. The Bertz CT molecular complexity index is 1330. The first-order valence-corrected chi connectivity index (χ1v) is 12.8. The number of methoxy groups -OCH3 is 2. The highest BCUT2D eigenvalue weighted by Gasteiger charge is 2.78. The van der Waals surface area contributed by atoms with Crippen LogP contribution in [-0.2, 0) is 16.0 Å². The minimum absolute atomic E-state index is 0.0564. The molecule has 5 unspecified atom stereocenters. The van der Waals surface area contributed by atoms with Gasteiger partial charge in [-0.25, -0.2) is 0 Å². The fourth-order valence-electron chi connectivity index (χ4n) is 6.15. The second kappa shape index (κ2) is 10.4. The predicted octanol–water partition coefficient (Wildman–Crippen LogP) is 3.19. The van der Waals surface area contributed by atoms with Crippen LogP contribution in [-0.4, -0.2) is 59.9 Å². The maximum Gasteiger partial charge on any atom is 0.310 e. The van der Waals surface area contributed by atoms with E-state index in [1.54, 1.807) is 60.7 Å². The average molecular weight is 537 g/mol. The van der Waals surface area contributed by atoms with E-state index in [-0.39, 0.29) is 23.7 Å². The molecule has 2 aliphatic rings. The van der Waals surface area contributed by atoms with Gasteiger partial charge >= 0.3 is 5.97 Å². The molecule has 0 spiro atoms. The van der Waals surface area contributed by atoms with Gasteiger partial charge in [0.25, 0.3) is 0 Å². The van der Waals surface area contributed by atoms with Gasteiger partial charge in [-0.3, -0.25) is 4.79 Å². The van der Waals surface area contributed by atoms with Crippen molar-refractivity contribution < 1.29 is 44.2 Å². The summed E-state index contributed by atoms with van der Waals surface area (Å²) in [6.45, 7) is 0.396. The maximum atomic E-state index is 12.7. The summed E-state index contributed by atoms with van der Waals surface area (Å²) in [7, 11) is 2.96. The van der Waals surface area contributed by atoms with E-state index < -0.39 is 35.1 Å². The van der Waals surface area contributed by atoms with Gasteiger partial charge < -0.3 is 39.4 Å². The molecule has 5 rings (SSSR count). The van der Waals surface area contributed by atoms with Gasteiger partial charge in [0, 0.05) is 24.7 Å². The lowest BCUT2D eigenvalue weighted by atomic mass is 9.70. The Hall–Kier alpha value is -3.79. The second-order valence-corrected chi connectivity index (χ2v) is 9.81. The van der Waals surface area contributed by atoms with Gasteiger partial charge in [-0.15, -0.1) is 0 Å². The third-order valence-corrected chi connectivity index (χ3v) is 7.83. The van der Waals surface area contributed by atoms with E-state index in [1.807, 2.05) is 6.07 Å². The van der Waals surface area contributed by atoms with Crippen molar-refractivity contribution in [2.75, 3.05) is 27.4 Å². The quantitative estimate of drug-likeness (QED) is 0.288. The molecular weight excluding hydrogens is 504 g/mol. The number of ether oxygens (including phenoxy) is 4. The van der Waals surface area contributed by atoms with Crippen LogP contribution in [0.3, 0.4) is 0 Å². The first kappa shape index (κ1) is 26.8. The normalized spacial score (nSPS) is 26.8. The summed E-state index contributed by atoms with van der Waals surface area (Å²) in [5, 5.41) is 43.8. The summed E-state index contributed by atoms with van der Waals surface area (Å²) in [4.78, 5) is 12.7. The number of aliphatic hydroxyl groups is 3. The molecule has 3 aromatic carbocycles. The minimum atomic E-state index is -2.21. The van der Waals surface area contributed by atoms with Crippen molar-refractivity contribution in [3.63, 3.8) is 0 Å². The maximum absolute atomic E-state index is 12.7. The van der Waals surface area contributed by atoms with E-state index in [4.69, 9.17) is 24.1 Å². The summed E-state index contributed by atoms with van der Waals surface area (Å²) in [5.41, 5.74) is -2.75. The fourth-order valence-corrected chi connectivity index (χ4v) is 6.15. The molecule has 1 heterocycles. The fraction of sp³-hybridized carbons (Fsp3) is 0.367. The summed E-state index contributed by atoms with van der Waals surface area (Å²) >= 11 is 0. The molecule has 0 radical (unpaired) electrons. The summed E-state index contributed by atoms with van der Waals surface area (Å²) in [5.74, 6) is -2.28. The number of carboxylic acids is 1. The van der Waals surface area contributed by atoms with E-state index >= 15 is 0 Å². The summed E-state index contributed by atoms with van der Waals surface area (Å²) < 4.78 is 23.6. The first-order valence-electron chi connectivity index (χ1n) is 12.8. The lowest BCUT2D eigenvalue weighted by Crippen LogP contribution is -2.52. The van der Waals surface area contributed by atoms with Crippen molar-refractivity contribution in [1.29, 1.82) is 0 Å². The molecule has 0 bridgehead atoms. The molecule has 0 amide bonds. The predicted molar refractivity (Wildman–Crippen MR) is 140 cm³/mol. The molecule has 1 fully saturated rings. The largest absolute Gasteiger partial charge is 0.497 e. The van der Waals surface area contributed by atoms with Gasteiger partial charge in [0.2, 0.25) is 0 Å².